The van der Waals surface area contributed by atoms with Crippen LogP contribution in [0.5, 0.6) is 5.75 Å². The maximum atomic E-state index is 13.1. The van der Waals surface area contributed by atoms with Crippen molar-refractivity contribution >= 4 is 35.2 Å². The first-order valence-corrected chi connectivity index (χ1v) is 10.1. The van der Waals surface area contributed by atoms with Crippen LogP contribution in [0.1, 0.15) is 51.1 Å². The van der Waals surface area contributed by atoms with Gasteiger partial charge < -0.3 is 20.1 Å². The lowest BCUT2D eigenvalue weighted by Gasteiger charge is -2.32. The molecule has 1 aliphatic carbocycles. The van der Waals surface area contributed by atoms with Gasteiger partial charge in [-0.2, -0.15) is 0 Å². The van der Waals surface area contributed by atoms with Gasteiger partial charge in [-0.3, -0.25) is 0 Å². The number of carbonyl (C=O) groups is 2. The summed E-state index contributed by atoms with van der Waals surface area (Å²) in [5.74, 6) is 0.406. The number of ether oxygens (including phenoxy) is 2. The van der Waals surface area contributed by atoms with Gasteiger partial charge in [0.15, 0.2) is 0 Å². The lowest BCUT2D eigenvalue weighted by atomic mass is 9.88. The van der Waals surface area contributed by atoms with Crippen molar-refractivity contribution in [3.8, 4) is 5.75 Å². The Morgan fingerprint density at radius 3 is 2.68 bits per heavy atom. The van der Waals surface area contributed by atoms with Crippen molar-refractivity contribution in [2.24, 2.45) is 5.92 Å². The van der Waals surface area contributed by atoms with Crippen molar-refractivity contribution < 1.29 is 19.1 Å². The number of urea groups is 1. The first-order chi connectivity index (χ1) is 13.3. The summed E-state index contributed by atoms with van der Waals surface area (Å²) in [5, 5.41) is 6.08. The van der Waals surface area contributed by atoms with Gasteiger partial charge in [-0.1, -0.05) is 36.5 Å². The molecule has 0 radical (unpaired) electrons. The number of carbonyl (C=O) groups excluding carboxylic acids is 2. The molecule has 2 N–H and O–H groups in total. The molecule has 1 aromatic carbocycles. The molecular weight excluding hydrogens is 403 g/mol. The zero-order valence-corrected chi connectivity index (χ0v) is 17.6. The van der Waals surface area contributed by atoms with E-state index in [2.05, 4.69) is 17.6 Å². The second-order valence-electron chi connectivity index (χ2n) is 7.38. The molecule has 1 aromatic rings. The molecule has 28 heavy (non-hydrogen) atoms. The minimum Gasteiger partial charge on any atom is -0.495 e. The molecule has 1 aliphatic heterocycles. The Morgan fingerprint density at radius 1 is 1.25 bits per heavy atom. The fourth-order valence-corrected chi connectivity index (χ4v) is 4.49. The summed E-state index contributed by atoms with van der Waals surface area (Å²) in [4.78, 5) is 25.2. The van der Waals surface area contributed by atoms with Gasteiger partial charge in [-0.05, 0) is 44.2 Å². The van der Waals surface area contributed by atoms with Gasteiger partial charge in [-0.15, -0.1) is 0 Å². The van der Waals surface area contributed by atoms with Crippen LogP contribution < -0.4 is 15.4 Å². The van der Waals surface area contributed by atoms with E-state index in [1.54, 1.807) is 19.1 Å². The van der Waals surface area contributed by atoms with Gasteiger partial charge in [0.2, 0.25) is 0 Å². The molecule has 1 heterocycles. The summed E-state index contributed by atoms with van der Waals surface area (Å²) >= 11 is 12.4. The summed E-state index contributed by atoms with van der Waals surface area (Å²) in [5.41, 5.74) is 1.24. The SMILES string of the molecule is COc1c(Cl)cc(Cl)cc1[C@H]1NC(=O)NC(C)=C1C(=O)O[C@H]1CCC[C@H](C)C1. The molecule has 2 amide bonds. The normalized spacial score (nSPS) is 25.0. The molecule has 0 bridgehead atoms. The van der Waals surface area contributed by atoms with E-state index in [-0.39, 0.29) is 6.10 Å². The fraction of sp³-hybridized carbons (Fsp3) is 0.500. The third-order valence-electron chi connectivity index (χ3n) is 5.20. The molecule has 1 fully saturated rings. The van der Waals surface area contributed by atoms with Crippen LogP contribution >= 0.6 is 23.2 Å². The van der Waals surface area contributed by atoms with Crippen molar-refractivity contribution in [1.82, 2.24) is 10.6 Å². The largest absolute Gasteiger partial charge is 0.495 e. The van der Waals surface area contributed by atoms with Crippen molar-refractivity contribution in [1.29, 1.82) is 0 Å². The number of halogens is 2. The predicted molar refractivity (Wildman–Crippen MR) is 108 cm³/mol. The van der Waals surface area contributed by atoms with Crippen LogP contribution in [-0.2, 0) is 9.53 Å². The highest BCUT2D eigenvalue weighted by Crippen LogP contribution is 2.40. The highest BCUT2D eigenvalue weighted by molar-refractivity contribution is 6.35. The standard InChI is InChI=1S/C20H24Cl2N2O4/c1-10-5-4-6-13(7-10)28-19(25)16-11(2)23-20(26)24-17(16)14-8-12(21)9-15(22)18(14)27-3/h8-10,13,17H,4-7H2,1-3H3,(H2,23,24,26)/t10-,13-,17+/m0/s1. The number of amides is 2. The van der Waals surface area contributed by atoms with Gasteiger partial charge in [0.1, 0.15) is 11.9 Å². The average Bonchev–Trinajstić information content (AvgIpc) is 2.60. The minimum atomic E-state index is -0.784. The number of hydrogen-bond acceptors (Lipinski definition) is 4. The van der Waals surface area contributed by atoms with E-state index >= 15 is 0 Å². The molecule has 3 atom stereocenters. The molecule has 1 saturated carbocycles. The zero-order valence-electron chi connectivity index (χ0n) is 16.1. The Balaban J connectivity index is 1.96. The third-order valence-corrected chi connectivity index (χ3v) is 5.70. The summed E-state index contributed by atoms with van der Waals surface area (Å²) in [6.07, 6.45) is 3.75. The molecule has 0 aromatic heterocycles. The van der Waals surface area contributed by atoms with Gasteiger partial charge >= 0.3 is 12.0 Å². The number of methoxy groups -OCH3 is 1. The monoisotopic (exact) mass is 426 g/mol. The van der Waals surface area contributed by atoms with Gasteiger partial charge in [0.05, 0.1) is 23.7 Å². The summed E-state index contributed by atoms with van der Waals surface area (Å²) < 4.78 is 11.2. The molecule has 152 valence electrons. The van der Waals surface area contributed by atoms with Crippen molar-refractivity contribution in [3.63, 3.8) is 0 Å². The molecular formula is C20H24Cl2N2O4. The van der Waals surface area contributed by atoms with E-state index in [9.17, 15) is 9.59 Å². The van der Waals surface area contributed by atoms with Gasteiger partial charge in [0, 0.05) is 16.3 Å². The molecule has 0 unspecified atom stereocenters. The Bertz CT molecular complexity index is 825. The highest BCUT2D eigenvalue weighted by Gasteiger charge is 2.36. The van der Waals surface area contributed by atoms with Crippen LogP contribution in [-0.4, -0.2) is 25.2 Å². The number of allylic oxidation sites excluding steroid dienone is 1. The van der Waals surface area contributed by atoms with Crippen LogP contribution in [0.15, 0.2) is 23.4 Å². The molecule has 3 rings (SSSR count). The molecule has 8 heteroatoms. The summed E-state index contributed by atoms with van der Waals surface area (Å²) in [6, 6.07) is 1.97. The van der Waals surface area contributed by atoms with Crippen LogP contribution in [0.25, 0.3) is 0 Å². The van der Waals surface area contributed by atoms with Crippen LogP contribution in [0.3, 0.4) is 0 Å². The second-order valence-corrected chi connectivity index (χ2v) is 8.22. The van der Waals surface area contributed by atoms with Crippen molar-refractivity contribution in [3.05, 3.63) is 39.0 Å². The Kier molecular flexibility index (Phi) is 6.40. The van der Waals surface area contributed by atoms with Crippen molar-refractivity contribution in [2.45, 2.75) is 51.7 Å². The fourth-order valence-electron chi connectivity index (χ4n) is 3.91. The molecule has 2 aliphatic rings. The van der Waals surface area contributed by atoms with Crippen LogP contribution in [0.2, 0.25) is 10.0 Å². The number of esters is 1. The van der Waals surface area contributed by atoms with Crippen LogP contribution in [0, 0.1) is 5.92 Å². The molecule has 0 saturated heterocycles. The van der Waals surface area contributed by atoms with E-state index in [4.69, 9.17) is 32.7 Å². The first kappa shape index (κ1) is 20.8. The van der Waals surface area contributed by atoms with E-state index in [0.717, 1.165) is 25.7 Å². The van der Waals surface area contributed by atoms with E-state index in [1.165, 1.54) is 7.11 Å². The molecule has 0 spiro atoms. The first-order valence-electron chi connectivity index (χ1n) is 9.32. The third kappa shape index (κ3) is 4.39. The maximum absolute atomic E-state index is 13.1. The van der Waals surface area contributed by atoms with Crippen LogP contribution in [0.4, 0.5) is 4.79 Å². The van der Waals surface area contributed by atoms with Gasteiger partial charge in [-0.25, -0.2) is 9.59 Å². The predicted octanol–water partition coefficient (Wildman–Crippen LogP) is 4.75. The summed E-state index contributed by atoms with van der Waals surface area (Å²) in [7, 11) is 1.47. The van der Waals surface area contributed by atoms with E-state index < -0.39 is 18.0 Å². The Hall–Kier alpha value is -1.92. The topological polar surface area (TPSA) is 76.7 Å². The van der Waals surface area contributed by atoms with Crippen molar-refractivity contribution in [2.75, 3.05) is 7.11 Å². The smallest absolute Gasteiger partial charge is 0.338 e. The minimum absolute atomic E-state index is 0.125. The average molecular weight is 427 g/mol. The summed E-state index contributed by atoms with van der Waals surface area (Å²) in [6.45, 7) is 3.83. The van der Waals surface area contributed by atoms with E-state index in [0.29, 0.717) is 38.5 Å². The number of benzene rings is 1. The highest BCUT2D eigenvalue weighted by atomic mass is 35.5. The Morgan fingerprint density at radius 2 is 2.00 bits per heavy atom. The van der Waals surface area contributed by atoms with E-state index in [1.807, 2.05) is 0 Å². The molecule has 6 nitrogen and oxygen atoms in total. The second kappa shape index (κ2) is 8.62. The van der Waals surface area contributed by atoms with Gasteiger partial charge in [0.25, 0.3) is 0 Å². The lowest BCUT2D eigenvalue weighted by Crippen LogP contribution is -2.45. The number of hydrogen-bond donors (Lipinski definition) is 2. The zero-order chi connectivity index (χ0) is 20.4. The number of rotatable bonds is 4. The number of nitrogens with one attached hydrogen (secondary N) is 2. The quantitative estimate of drug-likeness (QED) is 0.680. The Labute approximate surface area is 174 Å². The maximum Gasteiger partial charge on any atom is 0.338 e. The lowest BCUT2D eigenvalue weighted by molar-refractivity contribution is -0.146.